The zero-order chi connectivity index (χ0) is 17.4. The Kier molecular flexibility index (Phi) is 3.53. The van der Waals surface area contributed by atoms with Crippen LogP contribution >= 0.6 is 0 Å². The SMILES string of the molecule is COc1cccc(-c2noc(CN3C(=O)c4ccccc4C3=O)n2)c1. The summed E-state index contributed by atoms with van der Waals surface area (Å²) in [6, 6.07) is 13.9. The molecular weight excluding hydrogens is 322 g/mol. The van der Waals surface area contributed by atoms with Crippen molar-refractivity contribution in [3.63, 3.8) is 0 Å². The van der Waals surface area contributed by atoms with E-state index in [1.807, 2.05) is 18.2 Å². The van der Waals surface area contributed by atoms with E-state index in [0.29, 0.717) is 22.7 Å². The summed E-state index contributed by atoms with van der Waals surface area (Å²) in [5, 5.41) is 3.91. The first-order valence-electron chi connectivity index (χ1n) is 7.59. The Balaban J connectivity index is 1.58. The van der Waals surface area contributed by atoms with Crippen LogP contribution in [-0.2, 0) is 6.54 Å². The molecule has 0 spiro atoms. The first kappa shape index (κ1) is 15.1. The second-order valence-corrected chi connectivity index (χ2v) is 5.49. The Morgan fingerprint density at radius 2 is 1.76 bits per heavy atom. The summed E-state index contributed by atoms with van der Waals surface area (Å²) in [5.74, 6) is 0.505. The molecule has 7 heteroatoms. The zero-order valence-electron chi connectivity index (χ0n) is 13.3. The van der Waals surface area contributed by atoms with Gasteiger partial charge in [-0.1, -0.05) is 29.4 Å². The molecule has 2 heterocycles. The van der Waals surface area contributed by atoms with Crippen molar-refractivity contribution in [2.24, 2.45) is 0 Å². The summed E-state index contributed by atoms with van der Waals surface area (Å²) in [4.78, 5) is 30.1. The van der Waals surface area contributed by atoms with E-state index in [1.54, 1.807) is 37.4 Å². The minimum Gasteiger partial charge on any atom is -0.497 e. The number of nitrogens with zero attached hydrogens (tertiary/aromatic N) is 3. The van der Waals surface area contributed by atoms with Gasteiger partial charge in [-0.05, 0) is 24.3 Å². The Morgan fingerprint density at radius 3 is 2.44 bits per heavy atom. The van der Waals surface area contributed by atoms with Crippen molar-refractivity contribution in [3.05, 3.63) is 65.5 Å². The molecule has 0 radical (unpaired) electrons. The van der Waals surface area contributed by atoms with E-state index in [4.69, 9.17) is 9.26 Å². The lowest BCUT2D eigenvalue weighted by molar-refractivity contribution is 0.0625. The first-order chi connectivity index (χ1) is 12.2. The van der Waals surface area contributed by atoms with Gasteiger partial charge < -0.3 is 9.26 Å². The lowest BCUT2D eigenvalue weighted by atomic mass is 10.1. The number of benzene rings is 2. The monoisotopic (exact) mass is 335 g/mol. The molecule has 1 aliphatic heterocycles. The molecule has 0 unspecified atom stereocenters. The van der Waals surface area contributed by atoms with E-state index in [1.165, 1.54) is 0 Å². The van der Waals surface area contributed by atoms with Gasteiger partial charge in [-0.15, -0.1) is 0 Å². The fourth-order valence-corrected chi connectivity index (χ4v) is 2.72. The highest BCUT2D eigenvalue weighted by atomic mass is 16.5. The number of aromatic nitrogens is 2. The van der Waals surface area contributed by atoms with Crippen molar-refractivity contribution < 1.29 is 18.8 Å². The number of carbonyl (C=O) groups is 2. The smallest absolute Gasteiger partial charge is 0.262 e. The third-order valence-corrected chi connectivity index (χ3v) is 3.97. The summed E-state index contributed by atoms with van der Waals surface area (Å²) >= 11 is 0. The molecule has 0 aliphatic carbocycles. The van der Waals surface area contributed by atoms with Crippen molar-refractivity contribution in [2.75, 3.05) is 7.11 Å². The summed E-state index contributed by atoms with van der Waals surface area (Å²) in [6.07, 6.45) is 0. The second kappa shape index (κ2) is 5.86. The number of amides is 2. The van der Waals surface area contributed by atoms with Crippen molar-refractivity contribution >= 4 is 11.8 Å². The van der Waals surface area contributed by atoms with E-state index < -0.39 is 0 Å². The van der Waals surface area contributed by atoms with Gasteiger partial charge in [-0.3, -0.25) is 14.5 Å². The zero-order valence-corrected chi connectivity index (χ0v) is 13.3. The number of carbonyl (C=O) groups excluding carboxylic acids is 2. The summed E-state index contributed by atoms with van der Waals surface area (Å²) in [5.41, 5.74) is 1.50. The molecule has 0 atom stereocenters. The van der Waals surface area contributed by atoms with Gasteiger partial charge in [0.05, 0.1) is 18.2 Å². The Bertz CT molecular complexity index is 945. The maximum Gasteiger partial charge on any atom is 0.262 e. The maximum absolute atomic E-state index is 12.4. The minimum atomic E-state index is -0.360. The molecule has 0 saturated carbocycles. The van der Waals surface area contributed by atoms with Crippen molar-refractivity contribution in [1.29, 1.82) is 0 Å². The summed E-state index contributed by atoms with van der Waals surface area (Å²) < 4.78 is 10.4. The molecule has 1 aliphatic rings. The van der Waals surface area contributed by atoms with Gasteiger partial charge in [0.1, 0.15) is 12.3 Å². The van der Waals surface area contributed by atoms with Gasteiger partial charge in [-0.2, -0.15) is 4.98 Å². The number of methoxy groups -OCH3 is 1. The maximum atomic E-state index is 12.4. The molecule has 0 bridgehead atoms. The molecule has 7 nitrogen and oxygen atoms in total. The predicted molar refractivity (Wildman–Crippen MR) is 86.9 cm³/mol. The van der Waals surface area contributed by atoms with Crippen LogP contribution < -0.4 is 4.74 Å². The van der Waals surface area contributed by atoms with Crippen molar-refractivity contribution in [2.45, 2.75) is 6.54 Å². The number of hydrogen-bond donors (Lipinski definition) is 0. The van der Waals surface area contributed by atoms with Gasteiger partial charge in [-0.25, -0.2) is 0 Å². The third-order valence-electron chi connectivity index (χ3n) is 3.97. The van der Waals surface area contributed by atoms with Gasteiger partial charge in [0.2, 0.25) is 11.7 Å². The molecule has 1 aromatic heterocycles. The normalized spacial score (nSPS) is 13.2. The lowest BCUT2D eigenvalue weighted by Crippen LogP contribution is -2.29. The molecule has 0 saturated heterocycles. The van der Waals surface area contributed by atoms with E-state index in [2.05, 4.69) is 10.1 Å². The largest absolute Gasteiger partial charge is 0.497 e. The minimum absolute atomic E-state index is 0.0662. The Hall–Kier alpha value is -3.48. The molecule has 4 rings (SSSR count). The van der Waals surface area contributed by atoms with Crippen LogP contribution in [0.5, 0.6) is 5.75 Å². The van der Waals surface area contributed by atoms with E-state index in [-0.39, 0.29) is 24.2 Å². The fourth-order valence-electron chi connectivity index (χ4n) is 2.72. The van der Waals surface area contributed by atoms with Crippen molar-refractivity contribution in [3.8, 4) is 17.1 Å². The quantitative estimate of drug-likeness (QED) is 0.681. The fraction of sp³-hybridized carbons (Fsp3) is 0.111. The predicted octanol–water partition coefficient (Wildman–Crippen LogP) is 2.54. The third kappa shape index (κ3) is 2.55. The number of imide groups is 1. The van der Waals surface area contributed by atoms with Crippen LogP contribution in [0.15, 0.2) is 53.1 Å². The van der Waals surface area contributed by atoms with E-state index >= 15 is 0 Å². The van der Waals surface area contributed by atoms with Gasteiger partial charge in [0.15, 0.2) is 0 Å². The Morgan fingerprint density at radius 1 is 1.04 bits per heavy atom. The molecule has 124 valence electrons. The molecule has 0 fully saturated rings. The van der Waals surface area contributed by atoms with Gasteiger partial charge in [0.25, 0.3) is 11.8 Å². The summed E-state index contributed by atoms with van der Waals surface area (Å²) in [7, 11) is 1.57. The molecular formula is C18H13N3O4. The molecule has 2 amide bonds. The van der Waals surface area contributed by atoms with Crippen LogP contribution in [0.2, 0.25) is 0 Å². The molecule has 2 aromatic carbocycles. The highest BCUT2D eigenvalue weighted by molar-refractivity contribution is 6.21. The molecule has 0 N–H and O–H groups in total. The van der Waals surface area contributed by atoms with Gasteiger partial charge >= 0.3 is 0 Å². The van der Waals surface area contributed by atoms with Crippen molar-refractivity contribution in [1.82, 2.24) is 15.0 Å². The number of fused-ring (bicyclic) bond motifs is 1. The topological polar surface area (TPSA) is 85.5 Å². The van der Waals surface area contributed by atoms with Crippen LogP contribution in [-0.4, -0.2) is 34.0 Å². The van der Waals surface area contributed by atoms with Crippen LogP contribution in [0, 0.1) is 0 Å². The second-order valence-electron chi connectivity index (χ2n) is 5.49. The number of hydrogen-bond acceptors (Lipinski definition) is 6. The van der Waals surface area contributed by atoms with Crippen LogP contribution in [0.4, 0.5) is 0 Å². The average Bonchev–Trinajstić information content (AvgIpc) is 3.22. The lowest BCUT2D eigenvalue weighted by Gasteiger charge is -2.09. The van der Waals surface area contributed by atoms with Crippen LogP contribution in [0.25, 0.3) is 11.4 Å². The van der Waals surface area contributed by atoms with E-state index in [9.17, 15) is 9.59 Å². The Labute approximate surface area is 142 Å². The van der Waals surface area contributed by atoms with Gasteiger partial charge in [0, 0.05) is 5.56 Å². The van der Waals surface area contributed by atoms with Crippen LogP contribution in [0.3, 0.4) is 0 Å². The standard InChI is InChI=1S/C18H13N3O4/c1-24-12-6-4-5-11(9-12)16-19-15(25-20-16)10-21-17(22)13-7-2-3-8-14(13)18(21)23/h2-9H,10H2,1H3. The summed E-state index contributed by atoms with van der Waals surface area (Å²) in [6.45, 7) is -0.0662. The van der Waals surface area contributed by atoms with Crippen LogP contribution in [0.1, 0.15) is 26.6 Å². The number of rotatable bonds is 4. The molecule has 3 aromatic rings. The van der Waals surface area contributed by atoms with E-state index in [0.717, 1.165) is 10.5 Å². The number of ether oxygens (including phenoxy) is 1. The highest BCUT2D eigenvalue weighted by Gasteiger charge is 2.36. The highest BCUT2D eigenvalue weighted by Crippen LogP contribution is 2.25. The first-order valence-corrected chi connectivity index (χ1v) is 7.59. The average molecular weight is 335 g/mol. The molecule has 25 heavy (non-hydrogen) atoms.